The van der Waals surface area contributed by atoms with Crippen molar-refractivity contribution in [2.75, 3.05) is 13.6 Å². The predicted molar refractivity (Wildman–Crippen MR) is 109 cm³/mol. The molecule has 148 valence electrons. The SMILES string of the molecule is CN(Cc1ccccc1)C(=O)c1ccnc(C(=O)NCCc2ccc(F)cc2)c1. The summed E-state index contributed by atoms with van der Waals surface area (Å²) in [6.07, 6.45) is 2.03. The third-order valence-electron chi connectivity index (χ3n) is 4.46. The van der Waals surface area contributed by atoms with Crippen molar-refractivity contribution in [1.29, 1.82) is 0 Å². The van der Waals surface area contributed by atoms with Crippen LogP contribution >= 0.6 is 0 Å². The maximum absolute atomic E-state index is 12.9. The van der Waals surface area contributed by atoms with E-state index >= 15 is 0 Å². The minimum absolute atomic E-state index is 0.183. The number of rotatable bonds is 7. The third-order valence-corrected chi connectivity index (χ3v) is 4.46. The Morgan fingerprint density at radius 3 is 2.45 bits per heavy atom. The first kappa shape index (κ1) is 20.2. The molecule has 5 nitrogen and oxygen atoms in total. The average Bonchev–Trinajstić information content (AvgIpc) is 2.75. The van der Waals surface area contributed by atoms with Crippen molar-refractivity contribution in [3.63, 3.8) is 0 Å². The highest BCUT2D eigenvalue weighted by atomic mass is 19.1. The molecule has 2 aromatic carbocycles. The minimum Gasteiger partial charge on any atom is -0.350 e. The lowest BCUT2D eigenvalue weighted by molar-refractivity contribution is 0.0785. The van der Waals surface area contributed by atoms with Gasteiger partial charge in [0.25, 0.3) is 11.8 Å². The van der Waals surface area contributed by atoms with Gasteiger partial charge in [0.05, 0.1) is 0 Å². The summed E-state index contributed by atoms with van der Waals surface area (Å²) in [5.41, 5.74) is 2.53. The molecule has 0 saturated carbocycles. The average molecular weight is 391 g/mol. The van der Waals surface area contributed by atoms with Crippen LogP contribution in [0.1, 0.15) is 32.0 Å². The summed E-state index contributed by atoms with van der Waals surface area (Å²) < 4.78 is 12.9. The minimum atomic E-state index is -0.354. The second-order valence-corrected chi connectivity index (χ2v) is 6.71. The van der Waals surface area contributed by atoms with Gasteiger partial charge in [-0.3, -0.25) is 14.6 Å². The number of benzene rings is 2. The van der Waals surface area contributed by atoms with Gasteiger partial charge >= 0.3 is 0 Å². The molecule has 1 heterocycles. The molecule has 0 spiro atoms. The number of hydrogen-bond acceptors (Lipinski definition) is 3. The molecule has 29 heavy (non-hydrogen) atoms. The molecule has 3 aromatic rings. The zero-order valence-corrected chi connectivity index (χ0v) is 16.1. The Morgan fingerprint density at radius 1 is 1.00 bits per heavy atom. The Hall–Kier alpha value is -3.54. The molecule has 0 aliphatic carbocycles. The van der Waals surface area contributed by atoms with Crippen molar-refractivity contribution < 1.29 is 14.0 Å². The normalized spacial score (nSPS) is 10.4. The number of nitrogens with zero attached hydrogens (tertiary/aromatic N) is 2. The number of carbonyl (C=O) groups excluding carboxylic acids is 2. The van der Waals surface area contributed by atoms with Gasteiger partial charge < -0.3 is 10.2 Å². The fourth-order valence-electron chi connectivity index (χ4n) is 2.90. The van der Waals surface area contributed by atoms with E-state index in [2.05, 4.69) is 10.3 Å². The van der Waals surface area contributed by atoms with Crippen LogP contribution in [0.15, 0.2) is 72.9 Å². The van der Waals surface area contributed by atoms with Crippen molar-refractivity contribution in [2.24, 2.45) is 0 Å². The highest BCUT2D eigenvalue weighted by Gasteiger charge is 2.15. The van der Waals surface area contributed by atoms with Crippen LogP contribution in [0.5, 0.6) is 0 Å². The van der Waals surface area contributed by atoms with Crippen molar-refractivity contribution in [1.82, 2.24) is 15.2 Å². The van der Waals surface area contributed by atoms with Crippen molar-refractivity contribution in [3.05, 3.63) is 101 Å². The maximum Gasteiger partial charge on any atom is 0.269 e. The van der Waals surface area contributed by atoms with Crippen molar-refractivity contribution in [3.8, 4) is 0 Å². The van der Waals surface area contributed by atoms with E-state index in [1.807, 2.05) is 30.3 Å². The zero-order valence-electron chi connectivity index (χ0n) is 16.1. The largest absolute Gasteiger partial charge is 0.350 e. The maximum atomic E-state index is 12.9. The fraction of sp³-hybridized carbons (Fsp3) is 0.174. The molecule has 0 fully saturated rings. The molecule has 0 radical (unpaired) electrons. The molecule has 3 rings (SSSR count). The first-order chi connectivity index (χ1) is 14.0. The summed E-state index contributed by atoms with van der Waals surface area (Å²) in [5, 5.41) is 2.78. The van der Waals surface area contributed by atoms with Crippen LogP contribution in [-0.4, -0.2) is 35.3 Å². The Bertz CT molecular complexity index is 975. The van der Waals surface area contributed by atoms with Gasteiger partial charge in [0.2, 0.25) is 0 Å². The van der Waals surface area contributed by atoms with Crippen molar-refractivity contribution >= 4 is 11.8 Å². The first-order valence-electron chi connectivity index (χ1n) is 9.31. The second kappa shape index (κ2) is 9.59. The van der Waals surface area contributed by atoms with Crippen LogP contribution in [-0.2, 0) is 13.0 Å². The summed E-state index contributed by atoms with van der Waals surface area (Å²) >= 11 is 0. The van der Waals surface area contributed by atoms with Gasteiger partial charge in [0, 0.05) is 31.9 Å². The highest BCUT2D eigenvalue weighted by Crippen LogP contribution is 2.10. The summed E-state index contributed by atoms with van der Waals surface area (Å²) in [7, 11) is 1.72. The van der Waals surface area contributed by atoms with Gasteiger partial charge in [-0.2, -0.15) is 0 Å². The van der Waals surface area contributed by atoms with Gasteiger partial charge in [-0.25, -0.2) is 4.39 Å². The number of nitrogens with one attached hydrogen (secondary N) is 1. The monoisotopic (exact) mass is 391 g/mol. The standard InChI is InChI=1S/C23H22FN3O2/c1-27(16-18-5-3-2-4-6-18)23(29)19-12-14-25-21(15-19)22(28)26-13-11-17-7-9-20(24)10-8-17/h2-10,12,14-15H,11,13,16H2,1H3,(H,26,28). The molecule has 2 amide bonds. The van der Waals surface area contributed by atoms with E-state index in [1.165, 1.54) is 24.4 Å². The van der Waals surface area contributed by atoms with Crippen LogP contribution < -0.4 is 5.32 Å². The fourth-order valence-corrected chi connectivity index (χ4v) is 2.90. The predicted octanol–water partition coefficient (Wildman–Crippen LogP) is 3.47. The van der Waals surface area contributed by atoms with Crippen LogP contribution in [0.3, 0.4) is 0 Å². The molecule has 6 heteroatoms. The molecule has 0 saturated heterocycles. The van der Waals surface area contributed by atoms with Gasteiger partial charge in [-0.1, -0.05) is 42.5 Å². The molecule has 0 aliphatic rings. The zero-order chi connectivity index (χ0) is 20.6. The number of aromatic nitrogens is 1. The smallest absolute Gasteiger partial charge is 0.269 e. The Labute approximate surface area is 169 Å². The number of pyridine rings is 1. The number of carbonyl (C=O) groups is 2. The molecule has 0 unspecified atom stereocenters. The molecular formula is C23H22FN3O2. The molecule has 0 bridgehead atoms. The molecule has 1 aromatic heterocycles. The van der Waals surface area contributed by atoms with E-state index in [1.54, 1.807) is 30.1 Å². The van der Waals surface area contributed by atoms with E-state index in [9.17, 15) is 14.0 Å². The van der Waals surface area contributed by atoms with Gasteiger partial charge in [0.1, 0.15) is 11.5 Å². The Kier molecular flexibility index (Phi) is 6.68. The topological polar surface area (TPSA) is 62.3 Å². The van der Waals surface area contributed by atoms with Gasteiger partial charge in [-0.05, 0) is 41.8 Å². The molecule has 1 N–H and O–H groups in total. The van der Waals surface area contributed by atoms with Gasteiger partial charge in [0.15, 0.2) is 0 Å². The van der Waals surface area contributed by atoms with Gasteiger partial charge in [-0.15, -0.1) is 0 Å². The van der Waals surface area contributed by atoms with E-state index in [-0.39, 0.29) is 23.3 Å². The van der Waals surface area contributed by atoms with E-state index < -0.39 is 0 Å². The number of amides is 2. The lowest BCUT2D eigenvalue weighted by atomic mass is 10.1. The lowest BCUT2D eigenvalue weighted by Crippen LogP contribution is -2.28. The third kappa shape index (κ3) is 5.72. The molecular weight excluding hydrogens is 369 g/mol. The lowest BCUT2D eigenvalue weighted by Gasteiger charge is -2.17. The van der Waals surface area contributed by atoms with Crippen LogP contribution in [0.2, 0.25) is 0 Å². The summed E-state index contributed by atoms with van der Waals surface area (Å²) in [5.74, 6) is -0.829. The van der Waals surface area contributed by atoms with E-state index in [0.717, 1.165) is 11.1 Å². The number of halogens is 1. The van der Waals surface area contributed by atoms with Crippen LogP contribution in [0.4, 0.5) is 4.39 Å². The highest BCUT2D eigenvalue weighted by molar-refractivity contribution is 5.98. The summed E-state index contributed by atoms with van der Waals surface area (Å²) in [6, 6.07) is 18.9. The molecule has 0 aliphatic heterocycles. The summed E-state index contributed by atoms with van der Waals surface area (Å²) in [4.78, 5) is 30.7. The number of hydrogen-bond donors (Lipinski definition) is 1. The first-order valence-corrected chi connectivity index (χ1v) is 9.31. The Morgan fingerprint density at radius 2 is 1.72 bits per heavy atom. The van der Waals surface area contributed by atoms with Crippen LogP contribution in [0.25, 0.3) is 0 Å². The molecule has 0 atom stereocenters. The van der Waals surface area contributed by atoms with E-state index in [4.69, 9.17) is 0 Å². The van der Waals surface area contributed by atoms with Crippen LogP contribution in [0, 0.1) is 5.82 Å². The van der Waals surface area contributed by atoms with Crippen molar-refractivity contribution in [2.45, 2.75) is 13.0 Å². The summed E-state index contributed by atoms with van der Waals surface area (Å²) in [6.45, 7) is 0.861. The Balaban J connectivity index is 1.58. The second-order valence-electron chi connectivity index (χ2n) is 6.71. The van der Waals surface area contributed by atoms with E-state index in [0.29, 0.717) is 25.1 Å². The quantitative estimate of drug-likeness (QED) is 0.671.